The molecule has 2 rings (SSSR count). The van der Waals surface area contributed by atoms with Crippen molar-refractivity contribution < 1.29 is 24.2 Å². The number of halogens is 1. The van der Waals surface area contributed by atoms with Crippen LogP contribution in [0.1, 0.15) is 25.8 Å². The summed E-state index contributed by atoms with van der Waals surface area (Å²) in [4.78, 5) is 35.4. The Bertz CT molecular complexity index is 692. The van der Waals surface area contributed by atoms with Gasteiger partial charge < -0.3 is 20.5 Å². The Morgan fingerprint density at radius 2 is 2.08 bits per heavy atom. The maximum Gasteiger partial charge on any atom is 0.326 e. The fourth-order valence-electron chi connectivity index (χ4n) is 2.78. The molecule has 0 aromatic heterocycles. The molecular weight excluding hydrogens is 360 g/mol. The highest BCUT2D eigenvalue weighted by atomic mass is 35.5. The zero-order chi connectivity index (χ0) is 19.3. The van der Waals surface area contributed by atoms with Crippen LogP contribution in [0.25, 0.3) is 0 Å². The first-order valence-electron chi connectivity index (χ1n) is 8.47. The Hall–Kier alpha value is -2.28. The largest absolute Gasteiger partial charge is 0.492 e. The van der Waals surface area contributed by atoms with Gasteiger partial charge in [0.1, 0.15) is 18.4 Å². The molecule has 0 saturated carbocycles. The zero-order valence-corrected chi connectivity index (χ0v) is 15.5. The molecule has 0 spiro atoms. The number of amides is 2. The zero-order valence-electron chi connectivity index (χ0n) is 14.8. The number of rotatable bonds is 7. The van der Waals surface area contributed by atoms with E-state index in [9.17, 15) is 14.4 Å². The van der Waals surface area contributed by atoms with Crippen LogP contribution in [-0.4, -0.2) is 42.1 Å². The quantitative estimate of drug-likeness (QED) is 0.664. The molecule has 0 aliphatic carbocycles. The van der Waals surface area contributed by atoms with Gasteiger partial charge in [-0.05, 0) is 42.5 Å². The lowest BCUT2D eigenvalue weighted by molar-refractivity contribution is -0.142. The summed E-state index contributed by atoms with van der Waals surface area (Å²) in [6.45, 7) is 3.68. The number of hydrogen-bond donors (Lipinski definition) is 3. The molecule has 2 atom stereocenters. The molecule has 1 aliphatic rings. The van der Waals surface area contributed by atoms with Crippen molar-refractivity contribution in [2.24, 2.45) is 11.8 Å². The summed E-state index contributed by atoms with van der Waals surface area (Å²) in [7, 11) is 0. The Labute approximate surface area is 157 Å². The van der Waals surface area contributed by atoms with Crippen LogP contribution in [0, 0.1) is 11.8 Å². The van der Waals surface area contributed by atoms with E-state index < -0.39 is 23.8 Å². The van der Waals surface area contributed by atoms with E-state index in [4.69, 9.17) is 21.4 Å². The Morgan fingerprint density at radius 1 is 1.35 bits per heavy atom. The van der Waals surface area contributed by atoms with Gasteiger partial charge in [-0.25, -0.2) is 4.79 Å². The minimum atomic E-state index is -1.09. The number of fused-ring (bicyclic) bond motifs is 1. The van der Waals surface area contributed by atoms with Gasteiger partial charge in [-0.2, -0.15) is 0 Å². The van der Waals surface area contributed by atoms with Crippen molar-refractivity contribution in [3.8, 4) is 5.75 Å². The molecule has 1 aromatic rings. The molecule has 1 aromatic carbocycles. The van der Waals surface area contributed by atoms with Gasteiger partial charge in [-0.3, -0.25) is 9.59 Å². The van der Waals surface area contributed by atoms with E-state index >= 15 is 0 Å². The molecule has 0 radical (unpaired) electrons. The SMILES string of the molecule is CC(C)C[C@H](NC(=O)CNC(=O)C1COc2ccc(Cl)cc2C1)C(=O)O. The fourth-order valence-corrected chi connectivity index (χ4v) is 2.98. The smallest absolute Gasteiger partial charge is 0.326 e. The maximum absolute atomic E-state index is 12.3. The van der Waals surface area contributed by atoms with Crippen molar-refractivity contribution in [3.63, 3.8) is 0 Å². The molecule has 0 saturated heterocycles. The van der Waals surface area contributed by atoms with E-state index in [1.54, 1.807) is 18.2 Å². The Balaban J connectivity index is 1.84. The van der Waals surface area contributed by atoms with Crippen molar-refractivity contribution in [2.45, 2.75) is 32.7 Å². The second kappa shape index (κ2) is 8.89. The Morgan fingerprint density at radius 3 is 2.73 bits per heavy atom. The third-order valence-corrected chi connectivity index (χ3v) is 4.30. The van der Waals surface area contributed by atoms with Gasteiger partial charge in [0.2, 0.25) is 11.8 Å². The minimum absolute atomic E-state index is 0.122. The summed E-state index contributed by atoms with van der Waals surface area (Å²) in [5.74, 6) is -1.55. The van der Waals surface area contributed by atoms with Crippen LogP contribution in [0.15, 0.2) is 18.2 Å². The summed E-state index contributed by atoms with van der Waals surface area (Å²) in [5, 5.41) is 14.7. The van der Waals surface area contributed by atoms with Crippen LogP contribution in [-0.2, 0) is 20.8 Å². The molecule has 2 amide bonds. The van der Waals surface area contributed by atoms with Gasteiger partial charge in [0.15, 0.2) is 0 Å². The monoisotopic (exact) mass is 382 g/mol. The number of nitrogens with one attached hydrogen (secondary N) is 2. The van der Waals surface area contributed by atoms with Crippen LogP contribution >= 0.6 is 11.6 Å². The van der Waals surface area contributed by atoms with Gasteiger partial charge in [0, 0.05) is 5.02 Å². The van der Waals surface area contributed by atoms with Crippen LogP contribution < -0.4 is 15.4 Å². The average Bonchev–Trinajstić information content (AvgIpc) is 2.57. The van der Waals surface area contributed by atoms with Gasteiger partial charge in [-0.15, -0.1) is 0 Å². The standard InChI is InChI=1S/C18H23ClN2O5/c1-10(2)5-14(18(24)25)21-16(22)8-20-17(23)12-6-11-7-13(19)3-4-15(11)26-9-12/h3-4,7,10,12,14H,5-6,8-9H2,1-2H3,(H,20,23)(H,21,22)(H,24,25)/t12?,14-/m0/s1. The molecule has 8 heteroatoms. The molecule has 1 unspecified atom stereocenters. The van der Waals surface area contributed by atoms with Crippen LogP contribution in [0.4, 0.5) is 0 Å². The lowest BCUT2D eigenvalue weighted by Crippen LogP contribution is -2.47. The van der Waals surface area contributed by atoms with Gasteiger partial charge in [-0.1, -0.05) is 25.4 Å². The fraction of sp³-hybridized carbons (Fsp3) is 0.500. The lowest BCUT2D eigenvalue weighted by Gasteiger charge is -2.24. The molecule has 7 nitrogen and oxygen atoms in total. The molecule has 3 N–H and O–H groups in total. The third-order valence-electron chi connectivity index (χ3n) is 4.06. The predicted molar refractivity (Wildman–Crippen MR) is 96.2 cm³/mol. The molecule has 142 valence electrons. The van der Waals surface area contributed by atoms with E-state index in [0.717, 1.165) is 5.56 Å². The van der Waals surface area contributed by atoms with Crippen molar-refractivity contribution in [1.82, 2.24) is 10.6 Å². The molecular formula is C18H23ClN2O5. The first-order chi connectivity index (χ1) is 12.3. The third kappa shape index (κ3) is 5.62. The van der Waals surface area contributed by atoms with Crippen molar-refractivity contribution in [1.29, 1.82) is 0 Å². The minimum Gasteiger partial charge on any atom is -0.492 e. The maximum atomic E-state index is 12.3. The second-order valence-electron chi connectivity index (χ2n) is 6.77. The van der Waals surface area contributed by atoms with E-state index in [1.165, 1.54) is 0 Å². The molecule has 1 aliphatic heterocycles. The average molecular weight is 383 g/mol. The molecule has 0 fully saturated rings. The number of carbonyl (C=O) groups excluding carboxylic acids is 2. The van der Waals surface area contributed by atoms with E-state index in [-0.39, 0.29) is 25.0 Å². The normalized spacial score (nSPS) is 17.0. The van der Waals surface area contributed by atoms with Crippen LogP contribution in [0.3, 0.4) is 0 Å². The lowest BCUT2D eigenvalue weighted by atomic mass is 9.96. The predicted octanol–water partition coefficient (Wildman–Crippen LogP) is 1.62. The van der Waals surface area contributed by atoms with Crippen molar-refractivity contribution in [3.05, 3.63) is 28.8 Å². The number of carboxylic acid groups (broad SMARTS) is 1. The number of carboxylic acids is 1. The number of ether oxygens (including phenoxy) is 1. The summed E-state index contributed by atoms with van der Waals surface area (Å²) in [5.41, 5.74) is 0.844. The first kappa shape index (κ1) is 20.0. The van der Waals surface area contributed by atoms with E-state index in [0.29, 0.717) is 23.6 Å². The summed E-state index contributed by atoms with van der Waals surface area (Å²) < 4.78 is 5.56. The van der Waals surface area contributed by atoms with Gasteiger partial charge in [0.05, 0.1) is 12.5 Å². The van der Waals surface area contributed by atoms with E-state index in [2.05, 4.69) is 10.6 Å². The van der Waals surface area contributed by atoms with Crippen molar-refractivity contribution >= 4 is 29.4 Å². The topological polar surface area (TPSA) is 105 Å². The molecule has 26 heavy (non-hydrogen) atoms. The summed E-state index contributed by atoms with van der Waals surface area (Å²) in [6.07, 6.45) is 0.789. The highest BCUT2D eigenvalue weighted by Crippen LogP contribution is 2.29. The first-order valence-corrected chi connectivity index (χ1v) is 8.85. The van der Waals surface area contributed by atoms with Gasteiger partial charge >= 0.3 is 5.97 Å². The van der Waals surface area contributed by atoms with Crippen LogP contribution in [0.5, 0.6) is 5.75 Å². The number of carbonyl (C=O) groups is 3. The van der Waals surface area contributed by atoms with Gasteiger partial charge in [0.25, 0.3) is 0 Å². The number of aliphatic carboxylic acids is 1. The van der Waals surface area contributed by atoms with E-state index in [1.807, 2.05) is 13.8 Å². The van der Waals surface area contributed by atoms with Crippen molar-refractivity contribution in [2.75, 3.05) is 13.2 Å². The summed E-state index contributed by atoms with van der Waals surface area (Å²) in [6, 6.07) is 4.28. The Kier molecular flexibility index (Phi) is 6.85. The number of benzene rings is 1. The molecule has 0 bridgehead atoms. The highest BCUT2D eigenvalue weighted by molar-refractivity contribution is 6.30. The highest BCUT2D eigenvalue weighted by Gasteiger charge is 2.27. The number of hydrogen-bond acceptors (Lipinski definition) is 4. The second-order valence-corrected chi connectivity index (χ2v) is 7.21. The molecule has 1 heterocycles. The summed E-state index contributed by atoms with van der Waals surface area (Å²) >= 11 is 5.96. The van der Waals surface area contributed by atoms with Crippen LogP contribution in [0.2, 0.25) is 5.02 Å².